The van der Waals surface area contributed by atoms with E-state index in [2.05, 4.69) is 68.6 Å². The zero-order valence-corrected chi connectivity index (χ0v) is 17.7. The van der Waals surface area contributed by atoms with Gasteiger partial charge in [-0.05, 0) is 49.4 Å². The molecular formula is C21H28BrN5. The lowest BCUT2D eigenvalue weighted by Gasteiger charge is -2.23. The molecule has 2 aromatic rings. The molecule has 4 rings (SSSR count). The summed E-state index contributed by atoms with van der Waals surface area (Å²) < 4.78 is 3.05. The van der Waals surface area contributed by atoms with Crippen LogP contribution in [0.2, 0.25) is 0 Å². The number of rotatable bonds is 5. The quantitative estimate of drug-likeness (QED) is 0.582. The molecule has 0 amide bonds. The van der Waals surface area contributed by atoms with Gasteiger partial charge in [-0.3, -0.25) is 9.67 Å². The zero-order valence-electron chi connectivity index (χ0n) is 16.2. The fraction of sp³-hybridized carbons (Fsp3) is 0.524. The molecular weight excluding hydrogens is 402 g/mol. The Morgan fingerprint density at radius 2 is 2.26 bits per heavy atom. The number of hydrogen-bond donors (Lipinski definition) is 1. The van der Waals surface area contributed by atoms with E-state index in [1.165, 1.54) is 24.0 Å². The largest absolute Gasteiger partial charge is 0.357 e. The summed E-state index contributed by atoms with van der Waals surface area (Å²) in [5, 5.41) is 7.84. The van der Waals surface area contributed by atoms with E-state index in [0.29, 0.717) is 5.92 Å². The lowest BCUT2D eigenvalue weighted by atomic mass is 9.96. The normalized spacial score (nSPS) is 21.5. The van der Waals surface area contributed by atoms with Crippen molar-refractivity contribution in [1.82, 2.24) is 20.0 Å². The van der Waals surface area contributed by atoms with E-state index in [1.54, 1.807) is 0 Å². The molecule has 1 unspecified atom stereocenters. The molecule has 1 N–H and O–H groups in total. The average molecular weight is 430 g/mol. The molecule has 0 radical (unpaired) electrons. The van der Waals surface area contributed by atoms with Crippen LogP contribution in [0.15, 0.2) is 46.1 Å². The number of aryl methyl sites for hydroxylation is 1. The highest BCUT2D eigenvalue weighted by Gasteiger charge is 2.44. The summed E-state index contributed by atoms with van der Waals surface area (Å²) in [5.74, 6) is 1.60. The van der Waals surface area contributed by atoms with E-state index in [4.69, 9.17) is 4.99 Å². The molecule has 1 aromatic heterocycles. The van der Waals surface area contributed by atoms with Gasteiger partial charge in [0.15, 0.2) is 5.96 Å². The monoisotopic (exact) mass is 429 g/mol. The van der Waals surface area contributed by atoms with Crippen LogP contribution in [0.4, 0.5) is 0 Å². The standard InChI is InChI=1S/C21H28BrN5/c1-3-23-20(27-10-7-16(14-27)17-12-25-26(2)13-17)24-15-21(8-9-21)18-5-4-6-19(22)11-18/h4-6,11-13,16H,3,7-10,14-15H2,1-2H3,(H,23,24). The summed E-state index contributed by atoms with van der Waals surface area (Å²) in [6.07, 6.45) is 7.76. The third-order valence-electron chi connectivity index (χ3n) is 5.84. The maximum Gasteiger partial charge on any atom is 0.193 e. The second kappa shape index (κ2) is 7.66. The minimum absolute atomic E-state index is 0.229. The third kappa shape index (κ3) is 4.05. The van der Waals surface area contributed by atoms with Crippen molar-refractivity contribution >= 4 is 21.9 Å². The minimum atomic E-state index is 0.229. The van der Waals surface area contributed by atoms with Gasteiger partial charge in [0, 0.05) is 48.7 Å². The van der Waals surface area contributed by atoms with E-state index in [1.807, 2.05) is 17.9 Å². The number of halogens is 1. The Labute approximate surface area is 170 Å². The van der Waals surface area contributed by atoms with Crippen molar-refractivity contribution < 1.29 is 0 Å². The summed E-state index contributed by atoms with van der Waals surface area (Å²) in [7, 11) is 1.98. The molecule has 2 fully saturated rings. The maximum atomic E-state index is 5.06. The molecule has 2 aliphatic rings. The van der Waals surface area contributed by atoms with E-state index in [9.17, 15) is 0 Å². The summed E-state index contributed by atoms with van der Waals surface area (Å²) in [6, 6.07) is 8.72. The highest BCUT2D eigenvalue weighted by molar-refractivity contribution is 9.10. The first-order valence-corrected chi connectivity index (χ1v) is 10.7. The Kier molecular flexibility index (Phi) is 5.26. The molecule has 1 aromatic carbocycles. The molecule has 5 nitrogen and oxygen atoms in total. The van der Waals surface area contributed by atoms with E-state index >= 15 is 0 Å². The average Bonchev–Trinajstić information content (AvgIpc) is 3.07. The number of nitrogens with zero attached hydrogens (tertiary/aromatic N) is 4. The molecule has 144 valence electrons. The fourth-order valence-electron chi connectivity index (χ4n) is 4.04. The molecule has 0 spiro atoms. The zero-order chi connectivity index (χ0) is 18.9. The Balaban J connectivity index is 1.46. The van der Waals surface area contributed by atoms with Crippen LogP contribution in [-0.4, -0.2) is 46.8 Å². The molecule has 1 saturated carbocycles. The minimum Gasteiger partial charge on any atom is -0.357 e. The maximum absolute atomic E-state index is 5.06. The van der Waals surface area contributed by atoms with Gasteiger partial charge >= 0.3 is 0 Å². The van der Waals surface area contributed by atoms with Gasteiger partial charge in [0.1, 0.15) is 0 Å². The Bertz CT molecular complexity index is 823. The Morgan fingerprint density at radius 1 is 1.41 bits per heavy atom. The van der Waals surface area contributed by atoms with Crippen LogP contribution in [0.1, 0.15) is 43.2 Å². The van der Waals surface area contributed by atoms with Crippen LogP contribution in [-0.2, 0) is 12.5 Å². The smallest absolute Gasteiger partial charge is 0.193 e. The molecule has 0 bridgehead atoms. The van der Waals surface area contributed by atoms with Crippen molar-refractivity contribution in [1.29, 1.82) is 0 Å². The van der Waals surface area contributed by atoms with Gasteiger partial charge in [-0.1, -0.05) is 28.1 Å². The molecule has 6 heteroatoms. The second-order valence-corrected chi connectivity index (χ2v) is 8.76. The van der Waals surface area contributed by atoms with Crippen molar-refractivity contribution in [3.8, 4) is 0 Å². The van der Waals surface area contributed by atoms with Crippen molar-refractivity contribution in [2.75, 3.05) is 26.2 Å². The van der Waals surface area contributed by atoms with Crippen LogP contribution in [0.3, 0.4) is 0 Å². The number of hydrogen-bond acceptors (Lipinski definition) is 2. The van der Waals surface area contributed by atoms with Gasteiger partial charge in [-0.15, -0.1) is 0 Å². The van der Waals surface area contributed by atoms with Crippen molar-refractivity contribution in [3.63, 3.8) is 0 Å². The first-order valence-electron chi connectivity index (χ1n) is 9.87. The van der Waals surface area contributed by atoms with Gasteiger partial charge < -0.3 is 10.2 Å². The van der Waals surface area contributed by atoms with E-state index in [-0.39, 0.29) is 5.41 Å². The summed E-state index contributed by atoms with van der Waals surface area (Å²) in [4.78, 5) is 7.48. The summed E-state index contributed by atoms with van der Waals surface area (Å²) in [5.41, 5.74) is 2.97. The van der Waals surface area contributed by atoms with E-state index < -0.39 is 0 Å². The Hall–Kier alpha value is -1.82. The highest BCUT2D eigenvalue weighted by Crippen LogP contribution is 2.49. The molecule has 1 atom stereocenters. The van der Waals surface area contributed by atoms with Gasteiger partial charge in [-0.2, -0.15) is 5.10 Å². The number of benzene rings is 1. The molecule has 1 aliphatic carbocycles. The predicted molar refractivity (Wildman–Crippen MR) is 113 cm³/mol. The van der Waals surface area contributed by atoms with E-state index in [0.717, 1.165) is 43.0 Å². The topological polar surface area (TPSA) is 45.5 Å². The highest BCUT2D eigenvalue weighted by atomic mass is 79.9. The van der Waals surface area contributed by atoms with Crippen LogP contribution in [0, 0.1) is 0 Å². The number of aliphatic imine (C=N–C) groups is 1. The SMILES string of the molecule is CCNC(=NCC1(c2cccc(Br)c2)CC1)N1CCC(c2cnn(C)c2)C1. The third-order valence-corrected chi connectivity index (χ3v) is 6.33. The first kappa shape index (κ1) is 18.5. The van der Waals surface area contributed by atoms with Crippen molar-refractivity contribution in [2.45, 2.75) is 37.5 Å². The number of nitrogens with one attached hydrogen (secondary N) is 1. The van der Waals surface area contributed by atoms with Crippen LogP contribution < -0.4 is 5.32 Å². The summed E-state index contributed by atoms with van der Waals surface area (Å²) in [6.45, 7) is 5.97. The lowest BCUT2D eigenvalue weighted by Crippen LogP contribution is -2.40. The number of aromatic nitrogens is 2. The van der Waals surface area contributed by atoms with Gasteiger partial charge in [-0.25, -0.2) is 0 Å². The predicted octanol–water partition coefficient (Wildman–Crippen LogP) is 3.67. The Morgan fingerprint density at radius 3 is 2.93 bits per heavy atom. The fourth-order valence-corrected chi connectivity index (χ4v) is 4.43. The molecule has 2 heterocycles. The first-order chi connectivity index (χ1) is 13.1. The molecule has 1 saturated heterocycles. The lowest BCUT2D eigenvalue weighted by molar-refractivity contribution is 0.483. The van der Waals surface area contributed by atoms with Crippen LogP contribution in [0.5, 0.6) is 0 Å². The molecule has 27 heavy (non-hydrogen) atoms. The van der Waals surface area contributed by atoms with Gasteiger partial charge in [0.2, 0.25) is 0 Å². The second-order valence-electron chi connectivity index (χ2n) is 7.84. The van der Waals surface area contributed by atoms with Crippen LogP contribution in [0.25, 0.3) is 0 Å². The molecule has 1 aliphatic heterocycles. The number of likely N-dealkylation sites (tertiary alicyclic amines) is 1. The summed E-state index contributed by atoms with van der Waals surface area (Å²) >= 11 is 3.61. The van der Waals surface area contributed by atoms with Crippen LogP contribution >= 0.6 is 15.9 Å². The number of guanidine groups is 1. The van der Waals surface area contributed by atoms with Crippen molar-refractivity contribution in [3.05, 3.63) is 52.3 Å². The van der Waals surface area contributed by atoms with Gasteiger partial charge in [0.25, 0.3) is 0 Å². The van der Waals surface area contributed by atoms with Gasteiger partial charge in [0.05, 0.1) is 12.7 Å². The van der Waals surface area contributed by atoms with Crippen molar-refractivity contribution in [2.24, 2.45) is 12.0 Å².